The van der Waals surface area contributed by atoms with E-state index in [4.69, 9.17) is 0 Å². The number of benzene rings is 1. The Morgan fingerprint density at radius 2 is 1.87 bits per heavy atom. The minimum absolute atomic E-state index is 0.0114. The third-order valence-electron chi connectivity index (χ3n) is 9.51. The number of nitrogens with one attached hydrogen (secondary N) is 1. The number of piperidine rings is 1. The molecule has 1 aromatic carbocycles. The van der Waals surface area contributed by atoms with Gasteiger partial charge in [0.1, 0.15) is 6.54 Å². The number of carbonyl (C=O) groups is 3. The van der Waals surface area contributed by atoms with Crippen LogP contribution in [0, 0.1) is 11.3 Å². The van der Waals surface area contributed by atoms with E-state index in [0.29, 0.717) is 17.9 Å². The van der Waals surface area contributed by atoms with Gasteiger partial charge >= 0.3 is 0 Å². The zero-order chi connectivity index (χ0) is 27.7. The largest absolute Gasteiger partial charge is 0.337 e. The van der Waals surface area contributed by atoms with Crippen LogP contribution in [-0.4, -0.2) is 52.1 Å². The maximum absolute atomic E-state index is 14.0. The summed E-state index contributed by atoms with van der Waals surface area (Å²) in [5.41, 5.74) is 4.31. The molecule has 1 aromatic heterocycles. The van der Waals surface area contributed by atoms with Crippen LogP contribution in [0.15, 0.2) is 18.3 Å². The van der Waals surface area contributed by atoms with Gasteiger partial charge < -0.3 is 14.8 Å². The van der Waals surface area contributed by atoms with Gasteiger partial charge in [0.25, 0.3) is 0 Å². The van der Waals surface area contributed by atoms with E-state index in [1.807, 2.05) is 22.6 Å². The molecule has 6 nitrogen and oxygen atoms in total. The molecule has 0 spiro atoms. The summed E-state index contributed by atoms with van der Waals surface area (Å²) in [6, 6.07) is 4.35. The van der Waals surface area contributed by atoms with Crippen LogP contribution >= 0.6 is 0 Å². The van der Waals surface area contributed by atoms with Crippen molar-refractivity contribution in [2.45, 2.75) is 117 Å². The van der Waals surface area contributed by atoms with Gasteiger partial charge in [-0.1, -0.05) is 46.1 Å². The minimum Gasteiger partial charge on any atom is -0.337 e. The highest BCUT2D eigenvalue weighted by atomic mass is 16.2. The fourth-order valence-corrected chi connectivity index (χ4v) is 7.20. The topological polar surface area (TPSA) is 71.4 Å². The Morgan fingerprint density at radius 1 is 1.10 bits per heavy atom. The van der Waals surface area contributed by atoms with E-state index in [0.717, 1.165) is 62.5 Å². The molecule has 39 heavy (non-hydrogen) atoms. The second-order valence-electron chi connectivity index (χ2n) is 12.9. The predicted molar refractivity (Wildman–Crippen MR) is 156 cm³/mol. The Hall–Kier alpha value is -2.47. The lowest BCUT2D eigenvalue weighted by Gasteiger charge is -2.27. The molecule has 3 atom stereocenters. The molecule has 1 saturated carbocycles. The van der Waals surface area contributed by atoms with Crippen molar-refractivity contribution in [1.82, 2.24) is 14.8 Å². The SMILES string of the molecule is CCC(=O)[C@@H]1C[C@]23CNCCCCCCCc4cc(CCC(C)C)cc5c(C(C)=O)cn(c45)CC(=O)N1[C@@H]2C3. The number of nitrogens with zero attached hydrogens (tertiary/aromatic N) is 2. The zero-order valence-electron chi connectivity index (χ0n) is 24.5. The number of rotatable bonds is 6. The van der Waals surface area contributed by atoms with Crippen LogP contribution < -0.4 is 5.32 Å². The fraction of sp³-hybridized carbons (Fsp3) is 0.667. The number of aromatic nitrogens is 1. The summed E-state index contributed by atoms with van der Waals surface area (Å²) >= 11 is 0. The minimum atomic E-state index is -0.321. The number of amides is 1. The van der Waals surface area contributed by atoms with Gasteiger partial charge in [0.05, 0.1) is 11.6 Å². The first kappa shape index (κ1) is 28.1. The summed E-state index contributed by atoms with van der Waals surface area (Å²) in [5, 5.41) is 4.65. The molecule has 1 aliphatic carbocycles. The Balaban J connectivity index is 1.55. The fourth-order valence-electron chi connectivity index (χ4n) is 7.20. The van der Waals surface area contributed by atoms with Crippen molar-refractivity contribution in [1.29, 1.82) is 0 Å². The molecule has 2 aromatic rings. The molecule has 5 rings (SSSR count). The molecule has 0 radical (unpaired) electrons. The van der Waals surface area contributed by atoms with Gasteiger partial charge in [-0.15, -0.1) is 0 Å². The molecule has 6 heteroatoms. The van der Waals surface area contributed by atoms with Gasteiger partial charge in [0.2, 0.25) is 5.91 Å². The van der Waals surface area contributed by atoms with Gasteiger partial charge in [0.15, 0.2) is 11.6 Å². The summed E-state index contributed by atoms with van der Waals surface area (Å²) in [6.07, 6.45) is 13.1. The summed E-state index contributed by atoms with van der Waals surface area (Å²) in [4.78, 5) is 41.7. The first-order chi connectivity index (χ1) is 18.7. The molecule has 2 bridgehead atoms. The van der Waals surface area contributed by atoms with Gasteiger partial charge in [-0.25, -0.2) is 0 Å². The molecule has 2 fully saturated rings. The quantitative estimate of drug-likeness (QED) is 0.472. The molecule has 3 aliphatic rings. The van der Waals surface area contributed by atoms with Gasteiger partial charge in [-0.3, -0.25) is 14.4 Å². The van der Waals surface area contributed by atoms with Gasteiger partial charge in [-0.2, -0.15) is 0 Å². The van der Waals surface area contributed by atoms with E-state index in [1.54, 1.807) is 6.92 Å². The van der Waals surface area contributed by atoms with Crippen LogP contribution in [0.2, 0.25) is 0 Å². The average molecular weight is 534 g/mol. The maximum Gasteiger partial charge on any atom is 0.243 e. The van der Waals surface area contributed by atoms with Crippen molar-refractivity contribution in [3.63, 3.8) is 0 Å². The van der Waals surface area contributed by atoms with E-state index in [2.05, 4.69) is 31.3 Å². The van der Waals surface area contributed by atoms with Crippen molar-refractivity contribution in [2.24, 2.45) is 11.3 Å². The Bertz CT molecular complexity index is 1240. The highest BCUT2D eigenvalue weighted by Crippen LogP contribution is 2.59. The van der Waals surface area contributed by atoms with Crippen molar-refractivity contribution >= 4 is 28.4 Å². The molecular weight excluding hydrogens is 486 g/mol. The van der Waals surface area contributed by atoms with Crippen molar-refractivity contribution in [2.75, 3.05) is 13.1 Å². The normalized spacial score (nSPS) is 26.1. The number of aryl methyl sites for hydroxylation is 2. The van der Waals surface area contributed by atoms with Crippen molar-refractivity contribution in [3.05, 3.63) is 35.0 Å². The van der Waals surface area contributed by atoms with Crippen LogP contribution in [-0.2, 0) is 29.0 Å². The van der Waals surface area contributed by atoms with Crippen LogP contribution in [0.3, 0.4) is 0 Å². The molecular formula is C33H47N3O3. The number of hydrogen-bond acceptors (Lipinski definition) is 4. The summed E-state index contributed by atoms with van der Waals surface area (Å²) in [6.45, 7) is 10.1. The lowest BCUT2D eigenvalue weighted by atomic mass is 9.95. The Kier molecular flexibility index (Phi) is 8.32. The molecule has 212 valence electrons. The van der Waals surface area contributed by atoms with Crippen LogP contribution in [0.4, 0.5) is 0 Å². The monoisotopic (exact) mass is 533 g/mol. The zero-order valence-corrected chi connectivity index (χ0v) is 24.5. The second-order valence-corrected chi connectivity index (χ2v) is 12.9. The third kappa shape index (κ3) is 5.73. The number of ketones is 2. The first-order valence-electron chi connectivity index (χ1n) is 15.4. The van der Waals surface area contributed by atoms with E-state index in [1.165, 1.54) is 36.8 Å². The molecule has 2 aliphatic heterocycles. The van der Waals surface area contributed by atoms with E-state index < -0.39 is 0 Å². The standard InChI is InChI=1S/C33H47N3O3/c1-5-29(38)28-17-33-18-30(33)36(28)31(39)20-35-19-27(23(4)37)26-16-24(13-12-22(2)3)15-25(32(26)35)11-9-7-6-8-10-14-34-21-33/h15-16,19,22,28,30,34H,5-14,17-18,20-21H2,1-4H3/t28-,30+,33-/m0/s1. The third-order valence-corrected chi connectivity index (χ3v) is 9.51. The average Bonchev–Trinajstić information content (AvgIpc) is 3.31. The van der Waals surface area contributed by atoms with Crippen LogP contribution in [0.25, 0.3) is 10.9 Å². The highest BCUT2D eigenvalue weighted by Gasteiger charge is 2.66. The predicted octanol–water partition coefficient (Wildman–Crippen LogP) is 5.87. The number of Topliss-reactive ketones (excluding diaryl/α,β-unsaturated/α-hetero) is 2. The molecule has 1 N–H and O–H groups in total. The molecule has 0 unspecified atom stereocenters. The summed E-state index contributed by atoms with van der Waals surface area (Å²) < 4.78 is 2.03. The van der Waals surface area contributed by atoms with Crippen LogP contribution in [0.5, 0.6) is 0 Å². The summed E-state index contributed by atoms with van der Waals surface area (Å²) in [7, 11) is 0. The van der Waals surface area contributed by atoms with Gasteiger partial charge in [-0.05, 0) is 81.5 Å². The van der Waals surface area contributed by atoms with E-state index in [-0.39, 0.29) is 41.5 Å². The Morgan fingerprint density at radius 3 is 2.62 bits per heavy atom. The molecule has 1 saturated heterocycles. The van der Waals surface area contributed by atoms with E-state index in [9.17, 15) is 14.4 Å². The lowest BCUT2D eigenvalue weighted by Crippen LogP contribution is -2.44. The van der Waals surface area contributed by atoms with Crippen molar-refractivity contribution < 1.29 is 14.4 Å². The van der Waals surface area contributed by atoms with Gasteiger partial charge in [0, 0.05) is 41.6 Å². The Labute approximate surface area is 233 Å². The number of hydrogen-bond donors (Lipinski definition) is 1. The molecule has 3 heterocycles. The van der Waals surface area contributed by atoms with Crippen molar-refractivity contribution in [3.8, 4) is 0 Å². The molecule has 1 amide bonds. The highest BCUT2D eigenvalue weighted by molar-refractivity contribution is 6.08. The lowest BCUT2D eigenvalue weighted by molar-refractivity contribution is -0.139. The van der Waals surface area contributed by atoms with E-state index >= 15 is 0 Å². The second kappa shape index (κ2) is 11.6. The summed E-state index contributed by atoms with van der Waals surface area (Å²) in [5.74, 6) is 0.830. The smallest absolute Gasteiger partial charge is 0.243 e. The first-order valence-corrected chi connectivity index (χ1v) is 15.4. The van der Waals surface area contributed by atoms with Crippen LogP contribution in [0.1, 0.15) is 107 Å². The maximum atomic E-state index is 14.0. The number of carbonyl (C=O) groups excluding carboxylic acids is 3.